The third-order valence-corrected chi connectivity index (χ3v) is 4.00. The van der Waals surface area contributed by atoms with Gasteiger partial charge in [0.15, 0.2) is 0 Å². The van der Waals surface area contributed by atoms with E-state index in [1.807, 2.05) is 32.9 Å². The molecule has 4 N–H and O–H groups in total. The highest BCUT2D eigenvalue weighted by atomic mass is 16.3. The summed E-state index contributed by atoms with van der Waals surface area (Å²) in [4.78, 5) is 0. The number of aliphatic hydroxyl groups is 2. The molecule has 4 heteroatoms. The smallest absolute Gasteiger partial charge is 0.124 e. The van der Waals surface area contributed by atoms with Crippen molar-refractivity contribution in [1.82, 2.24) is 0 Å². The molecule has 2 rings (SSSR count). The molecule has 0 aromatic heterocycles. The van der Waals surface area contributed by atoms with Gasteiger partial charge in [0.1, 0.15) is 11.5 Å². The van der Waals surface area contributed by atoms with Crippen molar-refractivity contribution in [3.05, 3.63) is 57.6 Å². The Morgan fingerprint density at radius 1 is 0.773 bits per heavy atom. The summed E-state index contributed by atoms with van der Waals surface area (Å²) in [5.41, 5.74) is 4.09. The van der Waals surface area contributed by atoms with Crippen molar-refractivity contribution in [2.75, 3.05) is 0 Å². The lowest BCUT2D eigenvalue weighted by Gasteiger charge is -2.20. The van der Waals surface area contributed by atoms with Crippen LogP contribution in [0.4, 0.5) is 0 Å². The van der Waals surface area contributed by atoms with Crippen molar-refractivity contribution in [3.8, 4) is 11.5 Å². The maximum absolute atomic E-state index is 10.3. The molecule has 0 saturated carbocycles. The monoisotopic (exact) mass is 302 g/mol. The maximum atomic E-state index is 10.3. The summed E-state index contributed by atoms with van der Waals surface area (Å²) in [6.45, 7) is 5.18. The zero-order valence-electron chi connectivity index (χ0n) is 13.1. The minimum Gasteiger partial charge on any atom is -0.507 e. The first-order valence-electron chi connectivity index (χ1n) is 7.25. The molecule has 0 fully saturated rings. The van der Waals surface area contributed by atoms with Crippen molar-refractivity contribution in [2.24, 2.45) is 0 Å². The van der Waals surface area contributed by atoms with Gasteiger partial charge in [-0.2, -0.15) is 0 Å². The number of phenols is 2. The van der Waals surface area contributed by atoms with E-state index < -0.39 is 0 Å². The molecular weight excluding hydrogens is 280 g/mol. The van der Waals surface area contributed by atoms with Crippen LogP contribution in [0.1, 0.15) is 46.2 Å². The molecule has 0 spiro atoms. The molecule has 22 heavy (non-hydrogen) atoms. The first-order chi connectivity index (χ1) is 10.4. The first-order valence-corrected chi connectivity index (χ1v) is 7.25. The van der Waals surface area contributed by atoms with Crippen LogP contribution in [0, 0.1) is 13.8 Å². The van der Waals surface area contributed by atoms with Gasteiger partial charge in [0.05, 0.1) is 13.2 Å². The van der Waals surface area contributed by atoms with Crippen molar-refractivity contribution < 1.29 is 20.4 Å². The van der Waals surface area contributed by atoms with E-state index >= 15 is 0 Å². The van der Waals surface area contributed by atoms with Gasteiger partial charge in [0, 0.05) is 28.2 Å². The van der Waals surface area contributed by atoms with E-state index in [0.717, 1.165) is 11.1 Å². The zero-order valence-corrected chi connectivity index (χ0v) is 13.1. The maximum Gasteiger partial charge on any atom is 0.124 e. The summed E-state index contributed by atoms with van der Waals surface area (Å²) < 4.78 is 0. The van der Waals surface area contributed by atoms with E-state index in [1.54, 1.807) is 12.1 Å². The highest BCUT2D eigenvalue weighted by Crippen LogP contribution is 2.39. The Balaban J connectivity index is 2.60. The lowest BCUT2D eigenvalue weighted by Crippen LogP contribution is -2.02. The Kier molecular flexibility index (Phi) is 4.74. The average molecular weight is 302 g/mol. The molecule has 118 valence electrons. The van der Waals surface area contributed by atoms with Gasteiger partial charge in [-0.25, -0.2) is 0 Å². The number of aliphatic hydroxyl groups excluding tert-OH is 2. The number of aryl methyl sites for hydroxylation is 2. The molecule has 2 aromatic rings. The zero-order chi connectivity index (χ0) is 16.4. The van der Waals surface area contributed by atoms with Gasteiger partial charge in [0.25, 0.3) is 0 Å². The fourth-order valence-electron chi connectivity index (χ4n) is 2.84. The van der Waals surface area contributed by atoms with Crippen LogP contribution < -0.4 is 0 Å². The van der Waals surface area contributed by atoms with E-state index in [2.05, 4.69) is 0 Å². The number of rotatable bonds is 4. The normalized spacial score (nSPS) is 11.2. The Bertz CT molecular complexity index is 632. The van der Waals surface area contributed by atoms with Crippen LogP contribution in [0.25, 0.3) is 0 Å². The fraction of sp³-hybridized carbons (Fsp3) is 0.333. The van der Waals surface area contributed by atoms with E-state index in [9.17, 15) is 20.4 Å². The summed E-state index contributed by atoms with van der Waals surface area (Å²) >= 11 is 0. The van der Waals surface area contributed by atoms with Crippen molar-refractivity contribution in [1.29, 1.82) is 0 Å². The highest BCUT2D eigenvalue weighted by Gasteiger charge is 2.20. The standard InChI is InChI=1S/C18H22O4/c1-10-4-13(8-19)17(21)15(6-10)12(3)16-7-11(2)5-14(9-20)18(16)22/h4-7,12,19-22H,8-9H2,1-3H3. The lowest BCUT2D eigenvalue weighted by molar-refractivity contribution is 0.274. The van der Waals surface area contributed by atoms with E-state index in [-0.39, 0.29) is 30.6 Å². The van der Waals surface area contributed by atoms with Crippen LogP contribution in [0.15, 0.2) is 24.3 Å². The summed E-state index contributed by atoms with van der Waals surface area (Å²) in [5, 5.41) is 39.4. The van der Waals surface area contributed by atoms with Crippen LogP contribution in [-0.2, 0) is 13.2 Å². The van der Waals surface area contributed by atoms with Crippen molar-refractivity contribution in [2.45, 2.75) is 39.9 Å². The van der Waals surface area contributed by atoms with Gasteiger partial charge in [-0.15, -0.1) is 0 Å². The largest absolute Gasteiger partial charge is 0.507 e. The minimum atomic E-state index is -0.268. The van der Waals surface area contributed by atoms with Crippen molar-refractivity contribution in [3.63, 3.8) is 0 Å². The number of hydrogen-bond donors (Lipinski definition) is 4. The average Bonchev–Trinajstić information content (AvgIpc) is 2.50. The summed E-state index contributed by atoms with van der Waals surface area (Å²) in [6, 6.07) is 7.17. The summed E-state index contributed by atoms with van der Waals surface area (Å²) in [5.74, 6) is -0.172. The minimum absolute atomic E-state index is 0.0482. The quantitative estimate of drug-likeness (QED) is 0.700. The second-order valence-electron chi connectivity index (χ2n) is 5.76. The Morgan fingerprint density at radius 3 is 1.45 bits per heavy atom. The van der Waals surface area contributed by atoms with Gasteiger partial charge < -0.3 is 20.4 Å². The Labute approximate surface area is 130 Å². The third-order valence-electron chi connectivity index (χ3n) is 4.00. The van der Waals surface area contributed by atoms with E-state index in [4.69, 9.17) is 0 Å². The Morgan fingerprint density at radius 2 is 1.14 bits per heavy atom. The fourth-order valence-corrected chi connectivity index (χ4v) is 2.84. The van der Waals surface area contributed by atoms with Crippen LogP contribution in [0.2, 0.25) is 0 Å². The molecule has 0 aliphatic heterocycles. The molecule has 0 aliphatic rings. The highest BCUT2D eigenvalue weighted by molar-refractivity contribution is 5.53. The Hall–Kier alpha value is -2.04. The molecule has 0 radical (unpaired) electrons. The topological polar surface area (TPSA) is 80.9 Å². The second-order valence-corrected chi connectivity index (χ2v) is 5.76. The molecule has 0 aliphatic carbocycles. The van der Waals surface area contributed by atoms with Gasteiger partial charge in [0.2, 0.25) is 0 Å². The van der Waals surface area contributed by atoms with Crippen molar-refractivity contribution >= 4 is 0 Å². The molecule has 0 atom stereocenters. The lowest BCUT2D eigenvalue weighted by atomic mass is 9.87. The SMILES string of the molecule is Cc1cc(CO)c(O)c(C(C)c2cc(C)cc(CO)c2O)c1. The van der Waals surface area contributed by atoms with Crippen LogP contribution in [-0.4, -0.2) is 20.4 Å². The van der Waals surface area contributed by atoms with E-state index in [1.165, 1.54) is 0 Å². The predicted molar refractivity (Wildman–Crippen MR) is 85.1 cm³/mol. The van der Waals surface area contributed by atoms with E-state index in [0.29, 0.717) is 22.3 Å². The van der Waals surface area contributed by atoms with Gasteiger partial charge in [-0.1, -0.05) is 42.3 Å². The molecule has 2 aromatic carbocycles. The van der Waals surface area contributed by atoms with Gasteiger partial charge in [-0.3, -0.25) is 0 Å². The third kappa shape index (κ3) is 2.93. The molecule has 0 saturated heterocycles. The number of hydrogen-bond acceptors (Lipinski definition) is 4. The molecule has 0 bridgehead atoms. The van der Waals surface area contributed by atoms with Gasteiger partial charge >= 0.3 is 0 Å². The summed E-state index contributed by atoms with van der Waals surface area (Å²) in [6.07, 6.45) is 0. The summed E-state index contributed by atoms with van der Waals surface area (Å²) in [7, 11) is 0. The molecule has 0 unspecified atom stereocenters. The predicted octanol–water partition coefficient (Wildman–Crippen LogP) is 2.85. The van der Waals surface area contributed by atoms with Crippen LogP contribution in [0.3, 0.4) is 0 Å². The number of aromatic hydroxyl groups is 2. The van der Waals surface area contributed by atoms with Gasteiger partial charge in [-0.05, 0) is 13.8 Å². The molecular formula is C18H22O4. The second kappa shape index (κ2) is 6.38. The van der Waals surface area contributed by atoms with Crippen LogP contribution >= 0.6 is 0 Å². The van der Waals surface area contributed by atoms with Crippen LogP contribution in [0.5, 0.6) is 11.5 Å². The molecule has 0 amide bonds. The number of benzene rings is 2. The molecule has 4 nitrogen and oxygen atoms in total. The molecule has 0 heterocycles. The first kappa shape index (κ1) is 16.3.